The van der Waals surface area contributed by atoms with Crippen LogP contribution < -0.4 is 5.32 Å². The van der Waals surface area contributed by atoms with Gasteiger partial charge < -0.3 is 5.32 Å². The summed E-state index contributed by atoms with van der Waals surface area (Å²) in [5.74, 6) is -0.655. The summed E-state index contributed by atoms with van der Waals surface area (Å²) in [6, 6.07) is 3.16. The molecule has 2 rings (SSSR count). The van der Waals surface area contributed by atoms with Crippen LogP contribution in [0.4, 0.5) is 8.78 Å². The number of hydrogen-bond donors (Lipinski definition) is 1. The van der Waals surface area contributed by atoms with Crippen molar-refractivity contribution in [1.82, 2.24) is 5.32 Å². The third-order valence-corrected chi connectivity index (χ3v) is 3.76. The molecule has 1 aromatic carbocycles. The normalized spacial score (nSPS) is 17.4. The summed E-state index contributed by atoms with van der Waals surface area (Å²) in [5.41, 5.74) is 1.43. The molecule has 100 valence electrons. The second-order valence-corrected chi connectivity index (χ2v) is 5.53. The number of piperidine rings is 1. The Labute approximate surface area is 108 Å². The van der Waals surface area contributed by atoms with Crippen molar-refractivity contribution < 1.29 is 8.78 Å². The predicted molar refractivity (Wildman–Crippen MR) is 69.7 cm³/mol. The number of benzene rings is 1. The molecule has 0 atom stereocenters. The van der Waals surface area contributed by atoms with Gasteiger partial charge in [0.25, 0.3) is 0 Å². The topological polar surface area (TPSA) is 12.0 Å². The summed E-state index contributed by atoms with van der Waals surface area (Å²) in [6.45, 7) is 5.97. The van der Waals surface area contributed by atoms with Crippen molar-refractivity contribution in [3.63, 3.8) is 0 Å². The Balaban J connectivity index is 2.19. The van der Waals surface area contributed by atoms with Crippen LogP contribution in [0.3, 0.4) is 0 Å². The molecule has 1 saturated heterocycles. The Morgan fingerprint density at radius 2 is 1.89 bits per heavy atom. The highest BCUT2D eigenvalue weighted by Gasteiger charge is 2.18. The molecule has 1 heterocycles. The van der Waals surface area contributed by atoms with Crippen molar-refractivity contribution in [2.75, 3.05) is 13.1 Å². The molecule has 0 unspecified atom stereocenters. The number of nitrogens with one attached hydrogen (secondary N) is 1. The maximum Gasteiger partial charge on any atom is 0.162 e. The zero-order valence-electron chi connectivity index (χ0n) is 11.1. The molecule has 3 heteroatoms. The van der Waals surface area contributed by atoms with Gasteiger partial charge in [0.1, 0.15) is 0 Å². The SMILES string of the molecule is CC(C)c1cc(F)c(F)c(CC2CCNCC2)c1. The van der Waals surface area contributed by atoms with Crippen molar-refractivity contribution in [2.24, 2.45) is 5.92 Å². The Hall–Kier alpha value is -0.960. The van der Waals surface area contributed by atoms with Crippen LogP contribution in [0.25, 0.3) is 0 Å². The van der Waals surface area contributed by atoms with Gasteiger partial charge in [0.15, 0.2) is 11.6 Å². The number of hydrogen-bond acceptors (Lipinski definition) is 1. The van der Waals surface area contributed by atoms with E-state index >= 15 is 0 Å². The minimum absolute atomic E-state index is 0.229. The molecular weight excluding hydrogens is 232 g/mol. The molecule has 0 spiro atoms. The first-order valence-corrected chi connectivity index (χ1v) is 6.76. The fraction of sp³-hybridized carbons (Fsp3) is 0.600. The third-order valence-electron chi connectivity index (χ3n) is 3.76. The monoisotopic (exact) mass is 253 g/mol. The third kappa shape index (κ3) is 3.08. The predicted octanol–water partition coefficient (Wildman–Crippen LogP) is 3.63. The molecule has 1 aliphatic heterocycles. The fourth-order valence-electron chi connectivity index (χ4n) is 2.55. The van der Waals surface area contributed by atoms with E-state index in [9.17, 15) is 8.78 Å². The van der Waals surface area contributed by atoms with Crippen molar-refractivity contribution in [3.8, 4) is 0 Å². The number of halogens is 2. The van der Waals surface area contributed by atoms with E-state index in [0.29, 0.717) is 17.9 Å². The highest BCUT2D eigenvalue weighted by atomic mass is 19.2. The van der Waals surface area contributed by atoms with Crippen molar-refractivity contribution in [3.05, 3.63) is 34.9 Å². The summed E-state index contributed by atoms with van der Waals surface area (Å²) in [5, 5.41) is 3.29. The molecule has 1 N–H and O–H groups in total. The van der Waals surface area contributed by atoms with Crippen LogP contribution in [-0.4, -0.2) is 13.1 Å². The Bertz CT molecular complexity index is 409. The minimum atomic E-state index is -0.704. The van der Waals surface area contributed by atoms with Gasteiger partial charge in [0.05, 0.1) is 0 Å². The van der Waals surface area contributed by atoms with Gasteiger partial charge in [0, 0.05) is 0 Å². The molecule has 0 saturated carbocycles. The Morgan fingerprint density at radius 3 is 2.50 bits per heavy atom. The van der Waals surface area contributed by atoms with Crippen LogP contribution in [0.1, 0.15) is 43.7 Å². The summed E-state index contributed by atoms with van der Waals surface area (Å²) >= 11 is 0. The van der Waals surface area contributed by atoms with E-state index < -0.39 is 11.6 Å². The summed E-state index contributed by atoms with van der Waals surface area (Å²) in [7, 11) is 0. The highest BCUT2D eigenvalue weighted by Crippen LogP contribution is 2.25. The van der Waals surface area contributed by atoms with Gasteiger partial charge in [-0.1, -0.05) is 19.9 Å². The van der Waals surface area contributed by atoms with Crippen LogP contribution in [0.5, 0.6) is 0 Å². The highest BCUT2D eigenvalue weighted by molar-refractivity contribution is 5.29. The molecular formula is C15H21F2N. The average Bonchev–Trinajstić information content (AvgIpc) is 2.35. The van der Waals surface area contributed by atoms with E-state index in [-0.39, 0.29) is 5.92 Å². The van der Waals surface area contributed by atoms with Gasteiger partial charge in [-0.25, -0.2) is 8.78 Å². The lowest BCUT2D eigenvalue weighted by atomic mass is 9.89. The van der Waals surface area contributed by atoms with Gasteiger partial charge in [-0.2, -0.15) is 0 Å². The molecule has 1 aromatic rings. The smallest absolute Gasteiger partial charge is 0.162 e. The van der Waals surface area contributed by atoms with Crippen LogP contribution >= 0.6 is 0 Å². The van der Waals surface area contributed by atoms with Crippen LogP contribution in [0.15, 0.2) is 12.1 Å². The summed E-state index contributed by atoms with van der Waals surface area (Å²) in [4.78, 5) is 0. The molecule has 0 amide bonds. The molecule has 0 aromatic heterocycles. The average molecular weight is 253 g/mol. The molecule has 0 aliphatic carbocycles. The standard InChI is InChI=1S/C15H21F2N/c1-10(2)12-8-13(15(17)14(16)9-12)7-11-3-5-18-6-4-11/h8-11,18H,3-7H2,1-2H3. The van der Waals surface area contributed by atoms with E-state index in [1.54, 1.807) is 0 Å². The van der Waals surface area contributed by atoms with Gasteiger partial charge in [0.2, 0.25) is 0 Å². The molecule has 0 radical (unpaired) electrons. The van der Waals surface area contributed by atoms with E-state index in [0.717, 1.165) is 31.5 Å². The maximum atomic E-state index is 13.8. The minimum Gasteiger partial charge on any atom is -0.317 e. The van der Waals surface area contributed by atoms with Gasteiger partial charge >= 0.3 is 0 Å². The van der Waals surface area contributed by atoms with Crippen molar-refractivity contribution in [2.45, 2.75) is 39.0 Å². The number of rotatable bonds is 3. The second-order valence-electron chi connectivity index (χ2n) is 5.53. The summed E-state index contributed by atoms with van der Waals surface area (Å²) in [6.07, 6.45) is 2.75. The van der Waals surface area contributed by atoms with Gasteiger partial charge in [-0.3, -0.25) is 0 Å². The molecule has 0 bridgehead atoms. The maximum absolute atomic E-state index is 13.8. The molecule has 1 fully saturated rings. The van der Waals surface area contributed by atoms with Crippen LogP contribution in [-0.2, 0) is 6.42 Å². The van der Waals surface area contributed by atoms with E-state index in [2.05, 4.69) is 5.32 Å². The second kappa shape index (κ2) is 5.79. The van der Waals surface area contributed by atoms with Crippen molar-refractivity contribution >= 4 is 0 Å². The lowest BCUT2D eigenvalue weighted by Gasteiger charge is -2.23. The molecule has 1 nitrogen and oxygen atoms in total. The lowest BCUT2D eigenvalue weighted by molar-refractivity contribution is 0.365. The van der Waals surface area contributed by atoms with Crippen LogP contribution in [0.2, 0.25) is 0 Å². The molecule has 18 heavy (non-hydrogen) atoms. The zero-order valence-corrected chi connectivity index (χ0v) is 11.1. The van der Waals surface area contributed by atoms with Crippen molar-refractivity contribution in [1.29, 1.82) is 0 Å². The van der Waals surface area contributed by atoms with E-state index in [1.165, 1.54) is 6.07 Å². The summed E-state index contributed by atoms with van der Waals surface area (Å²) < 4.78 is 27.4. The molecule has 1 aliphatic rings. The quantitative estimate of drug-likeness (QED) is 0.867. The largest absolute Gasteiger partial charge is 0.317 e. The Kier molecular flexibility index (Phi) is 4.33. The van der Waals surface area contributed by atoms with E-state index in [4.69, 9.17) is 0 Å². The Morgan fingerprint density at radius 1 is 1.22 bits per heavy atom. The first kappa shape index (κ1) is 13.5. The lowest BCUT2D eigenvalue weighted by Crippen LogP contribution is -2.28. The zero-order chi connectivity index (χ0) is 13.1. The first-order chi connectivity index (χ1) is 8.58. The first-order valence-electron chi connectivity index (χ1n) is 6.76. The van der Waals surface area contributed by atoms with E-state index in [1.807, 2.05) is 19.9 Å². The van der Waals surface area contributed by atoms with Gasteiger partial charge in [-0.05, 0) is 61.4 Å². The fourth-order valence-corrected chi connectivity index (χ4v) is 2.55. The van der Waals surface area contributed by atoms with Crippen LogP contribution in [0, 0.1) is 17.6 Å². The van der Waals surface area contributed by atoms with Gasteiger partial charge in [-0.15, -0.1) is 0 Å².